The van der Waals surface area contributed by atoms with Gasteiger partial charge in [0.2, 0.25) is 0 Å². The van der Waals surface area contributed by atoms with Crippen LogP contribution in [0, 0.1) is 11.7 Å². The number of hydrogen-bond acceptors (Lipinski definition) is 5. The van der Waals surface area contributed by atoms with Crippen LogP contribution in [0.25, 0.3) is 0 Å². The average molecular weight is 479 g/mol. The van der Waals surface area contributed by atoms with Gasteiger partial charge in [-0.15, -0.1) is 0 Å². The van der Waals surface area contributed by atoms with E-state index in [1.165, 1.54) is 12.1 Å². The Balaban J connectivity index is 1.55. The molecule has 0 amide bonds. The zero-order chi connectivity index (χ0) is 24.6. The quantitative estimate of drug-likeness (QED) is 0.340. The van der Waals surface area contributed by atoms with E-state index in [1.807, 2.05) is 42.5 Å². The van der Waals surface area contributed by atoms with Gasteiger partial charge in [-0.05, 0) is 49.2 Å². The predicted octanol–water partition coefficient (Wildman–Crippen LogP) is 6.54. The molecule has 1 unspecified atom stereocenters. The highest BCUT2D eigenvalue weighted by Gasteiger charge is 2.35. The van der Waals surface area contributed by atoms with Gasteiger partial charge in [0, 0.05) is 17.9 Å². The summed E-state index contributed by atoms with van der Waals surface area (Å²) < 4.78 is 31.8. The maximum Gasteiger partial charge on any atom is 0.303 e. The lowest BCUT2D eigenvalue weighted by Crippen LogP contribution is -2.30. The van der Waals surface area contributed by atoms with Crippen LogP contribution in [0.5, 0.6) is 17.2 Å². The Morgan fingerprint density at radius 1 is 1.00 bits per heavy atom. The third-order valence-electron chi connectivity index (χ3n) is 5.75. The van der Waals surface area contributed by atoms with Gasteiger partial charge in [-0.1, -0.05) is 48.6 Å². The molecule has 0 spiro atoms. The second kappa shape index (κ2) is 11.6. The molecule has 2 N–H and O–H groups in total. The minimum atomic E-state index is -0.838. The summed E-state index contributed by atoms with van der Waals surface area (Å²) in [6.07, 6.45) is 3.68. The van der Waals surface area contributed by atoms with Crippen LogP contribution in [0.2, 0.25) is 0 Å². The number of rotatable bonds is 9. The van der Waals surface area contributed by atoms with Crippen molar-refractivity contribution < 1.29 is 33.6 Å². The van der Waals surface area contributed by atoms with Crippen molar-refractivity contribution in [2.75, 3.05) is 6.61 Å². The van der Waals surface area contributed by atoms with Crippen LogP contribution in [-0.2, 0) is 14.3 Å². The zero-order valence-corrected chi connectivity index (χ0v) is 19.0. The largest absolute Gasteiger partial charge is 0.508 e. The van der Waals surface area contributed by atoms with E-state index < -0.39 is 18.4 Å². The summed E-state index contributed by atoms with van der Waals surface area (Å²) >= 11 is 0. The standard InChI is InChI=1S/C28H27FO6/c29-20-14-16-21(17-15-20)34-25-12-7-5-10-23(25)28-33-18-19(8-2-1-3-13-26(31)32)27(35-28)22-9-4-6-11-24(22)30/h1-2,4-7,9-12,14-17,19,27-28,30H,3,8,13,18H2,(H,31,32)/b2-1-/t19-,27+,28?/m1/s1. The summed E-state index contributed by atoms with van der Waals surface area (Å²) in [5, 5.41) is 19.3. The monoisotopic (exact) mass is 478 g/mol. The molecule has 1 saturated heterocycles. The second-order valence-corrected chi connectivity index (χ2v) is 8.27. The molecule has 0 radical (unpaired) electrons. The molecule has 6 nitrogen and oxygen atoms in total. The molecule has 3 aromatic rings. The van der Waals surface area contributed by atoms with Gasteiger partial charge in [0.15, 0.2) is 6.29 Å². The van der Waals surface area contributed by atoms with Crippen LogP contribution in [0.1, 0.15) is 42.8 Å². The van der Waals surface area contributed by atoms with Gasteiger partial charge in [-0.2, -0.15) is 0 Å². The van der Waals surface area contributed by atoms with Crippen LogP contribution in [0.4, 0.5) is 4.39 Å². The molecular formula is C28H27FO6. The molecular weight excluding hydrogens is 451 g/mol. The van der Waals surface area contributed by atoms with Crippen molar-refractivity contribution in [2.24, 2.45) is 5.92 Å². The molecule has 0 bridgehead atoms. The molecule has 1 aliphatic rings. The molecule has 3 atom stereocenters. The van der Waals surface area contributed by atoms with Gasteiger partial charge in [0.05, 0.1) is 18.3 Å². The number of ether oxygens (including phenoxy) is 3. The van der Waals surface area contributed by atoms with Gasteiger partial charge in [0.1, 0.15) is 23.1 Å². The normalized spacial score (nSPS) is 20.1. The Labute approximate surface area is 203 Å². The molecule has 0 aliphatic carbocycles. The number of carboxylic acid groups (broad SMARTS) is 1. The molecule has 182 valence electrons. The van der Waals surface area contributed by atoms with Crippen LogP contribution in [-0.4, -0.2) is 22.8 Å². The first-order chi connectivity index (χ1) is 17.0. The Morgan fingerprint density at radius 2 is 1.71 bits per heavy atom. The molecule has 4 rings (SSSR count). The van der Waals surface area contributed by atoms with Gasteiger partial charge in [-0.25, -0.2) is 4.39 Å². The predicted molar refractivity (Wildman–Crippen MR) is 128 cm³/mol. The minimum absolute atomic E-state index is 0.0734. The maximum absolute atomic E-state index is 13.3. The van der Waals surface area contributed by atoms with Crippen molar-refractivity contribution in [3.8, 4) is 17.2 Å². The number of halogens is 1. The number of para-hydroxylation sites is 2. The van der Waals surface area contributed by atoms with Gasteiger partial charge in [0.25, 0.3) is 0 Å². The fraction of sp³-hybridized carbons (Fsp3) is 0.250. The van der Waals surface area contributed by atoms with Gasteiger partial charge >= 0.3 is 5.97 Å². The molecule has 1 heterocycles. The number of aromatic hydroxyl groups is 1. The summed E-state index contributed by atoms with van der Waals surface area (Å²) in [5.74, 6) is -0.142. The highest BCUT2D eigenvalue weighted by atomic mass is 19.1. The molecule has 0 aromatic heterocycles. The number of allylic oxidation sites excluding steroid dienone is 2. The van der Waals surface area contributed by atoms with Gasteiger partial charge < -0.3 is 24.4 Å². The number of carbonyl (C=O) groups is 1. The SMILES string of the molecule is O=C(O)CC/C=C\C[C@@H]1COC(c2ccccc2Oc2ccc(F)cc2)O[C@@H]1c1ccccc1O. The van der Waals surface area contributed by atoms with Crippen molar-refractivity contribution in [1.29, 1.82) is 0 Å². The number of phenols is 1. The van der Waals surface area contributed by atoms with E-state index in [-0.39, 0.29) is 23.9 Å². The van der Waals surface area contributed by atoms with E-state index in [4.69, 9.17) is 19.3 Å². The summed E-state index contributed by atoms with van der Waals surface area (Å²) in [5.41, 5.74) is 1.33. The molecule has 3 aromatic carbocycles. The zero-order valence-electron chi connectivity index (χ0n) is 19.0. The van der Waals surface area contributed by atoms with Crippen molar-refractivity contribution in [1.82, 2.24) is 0 Å². The molecule has 35 heavy (non-hydrogen) atoms. The average Bonchev–Trinajstić information content (AvgIpc) is 2.86. The first-order valence-corrected chi connectivity index (χ1v) is 11.5. The maximum atomic E-state index is 13.3. The lowest BCUT2D eigenvalue weighted by atomic mass is 9.91. The lowest BCUT2D eigenvalue weighted by molar-refractivity contribution is -0.244. The first-order valence-electron chi connectivity index (χ1n) is 11.5. The molecule has 1 aliphatic heterocycles. The van der Waals surface area contributed by atoms with Crippen molar-refractivity contribution in [2.45, 2.75) is 31.7 Å². The summed E-state index contributed by atoms with van der Waals surface area (Å²) in [4.78, 5) is 10.7. The second-order valence-electron chi connectivity index (χ2n) is 8.27. The van der Waals surface area contributed by atoms with Crippen molar-refractivity contribution in [3.63, 3.8) is 0 Å². The Morgan fingerprint density at radius 3 is 2.46 bits per heavy atom. The topological polar surface area (TPSA) is 85.2 Å². The number of benzene rings is 3. The molecule has 7 heteroatoms. The number of carboxylic acids is 1. The Kier molecular flexibility index (Phi) is 8.13. The third-order valence-corrected chi connectivity index (χ3v) is 5.75. The number of hydrogen-bond donors (Lipinski definition) is 2. The van der Waals surface area contributed by atoms with Crippen LogP contribution in [0.15, 0.2) is 84.9 Å². The summed E-state index contributed by atoms with van der Waals surface area (Å²) in [6, 6.07) is 20.1. The smallest absolute Gasteiger partial charge is 0.303 e. The van der Waals surface area contributed by atoms with Crippen molar-refractivity contribution in [3.05, 3.63) is 102 Å². The third kappa shape index (κ3) is 6.47. The fourth-order valence-corrected chi connectivity index (χ4v) is 3.99. The van der Waals surface area contributed by atoms with Crippen molar-refractivity contribution >= 4 is 5.97 Å². The van der Waals surface area contributed by atoms with E-state index in [9.17, 15) is 14.3 Å². The Bertz CT molecular complexity index is 1160. The van der Waals surface area contributed by atoms with E-state index in [0.717, 1.165) is 0 Å². The summed E-state index contributed by atoms with van der Waals surface area (Å²) in [6.45, 7) is 0.359. The van der Waals surface area contributed by atoms with Crippen LogP contribution in [0.3, 0.4) is 0 Å². The first kappa shape index (κ1) is 24.4. The van der Waals surface area contributed by atoms with Crippen LogP contribution < -0.4 is 4.74 Å². The Hall–Kier alpha value is -3.68. The van der Waals surface area contributed by atoms with E-state index >= 15 is 0 Å². The number of phenolic OH excluding ortho intramolecular Hbond substituents is 1. The highest BCUT2D eigenvalue weighted by Crippen LogP contribution is 2.44. The number of aliphatic carboxylic acids is 1. The highest BCUT2D eigenvalue weighted by molar-refractivity contribution is 5.66. The van der Waals surface area contributed by atoms with E-state index in [0.29, 0.717) is 42.1 Å². The van der Waals surface area contributed by atoms with Gasteiger partial charge in [-0.3, -0.25) is 4.79 Å². The molecule has 0 saturated carbocycles. The fourth-order valence-electron chi connectivity index (χ4n) is 3.99. The minimum Gasteiger partial charge on any atom is -0.508 e. The van der Waals surface area contributed by atoms with E-state index in [1.54, 1.807) is 30.3 Å². The summed E-state index contributed by atoms with van der Waals surface area (Å²) in [7, 11) is 0. The lowest BCUT2D eigenvalue weighted by Gasteiger charge is -2.37. The van der Waals surface area contributed by atoms with E-state index in [2.05, 4.69) is 0 Å². The van der Waals surface area contributed by atoms with Crippen LogP contribution >= 0.6 is 0 Å². The molecule has 1 fully saturated rings.